The molecule has 0 saturated heterocycles. The predicted octanol–water partition coefficient (Wildman–Crippen LogP) is 6.09. The van der Waals surface area contributed by atoms with Crippen molar-refractivity contribution in [3.63, 3.8) is 0 Å². The van der Waals surface area contributed by atoms with Crippen molar-refractivity contribution in [3.8, 4) is 0 Å². The minimum atomic E-state index is -0.684. The lowest BCUT2D eigenvalue weighted by Crippen LogP contribution is -2.29. The zero-order valence-corrected chi connectivity index (χ0v) is 18.3. The molecule has 0 bridgehead atoms. The third kappa shape index (κ3) is 3.36. The highest BCUT2D eigenvalue weighted by molar-refractivity contribution is 9.10. The molecule has 1 amide bonds. The van der Waals surface area contributed by atoms with E-state index in [-0.39, 0.29) is 28.8 Å². The van der Waals surface area contributed by atoms with Gasteiger partial charge in [-0.3, -0.25) is 9.59 Å². The fourth-order valence-corrected chi connectivity index (χ4v) is 4.42. The van der Waals surface area contributed by atoms with Gasteiger partial charge in [-0.25, -0.2) is 4.39 Å². The number of amides is 1. The Morgan fingerprint density at radius 1 is 1.03 bits per heavy atom. The van der Waals surface area contributed by atoms with Gasteiger partial charge in [-0.1, -0.05) is 57.9 Å². The van der Waals surface area contributed by atoms with E-state index in [1.807, 2.05) is 42.5 Å². The van der Waals surface area contributed by atoms with Gasteiger partial charge in [-0.2, -0.15) is 0 Å². The number of rotatable bonds is 3. The number of benzene rings is 3. The van der Waals surface area contributed by atoms with Crippen molar-refractivity contribution in [2.24, 2.45) is 0 Å². The molecule has 0 saturated carbocycles. The molecule has 1 aromatic heterocycles. The van der Waals surface area contributed by atoms with Gasteiger partial charge in [-0.15, -0.1) is 0 Å². The lowest BCUT2D eigenvalue weighted by atomic mass is 9.98. The lowest BCUT2D eigenvalue weighted by Gasteiger charge is -2.25. The molecule has 4 aromatic rings. The Balaban J connectivity index is 1.74. The van der Waals surface area contributed by atoms with Gasteiger partial charge < -0.3 is 9.32 Å². The van der Waals surface area contributed by atoms with Crippen LogP contribution in [0.2, 0.25) is 5.02 Å². The summed E-state index contributed by atoms with van der Waals surface area (Å²) in [6, 6.07) is 17.6. The second kappa shape index (κ2) is 7.62. The summed E-state index contributed by atoms with van der Waals surface area (Å²) >= 11 is 9.75. The number of carbonyl (C=O) groups is 1. The van der Waals surface area contributed by atoms with Gasteiger partial charge in [0, 0.05) is 16.0 Å². The van der Waals surface area contributed by atoms with E-state index in [9.17, 15) is 14.0 Å². The summed E-state index contributed by atoms with van der Waals surface area (Å²) in [5.74, 6) is -0.979. The summed E-state index contributed by atoms with van der Waals surface area (Å²) in [5, 5.41) is 0.626. The van der Waals surface area contributed by atoms with Gasteiger partial charge in [0.05, 0.1) is 17.0 Å². The first-order valence-electron chi connectivity index (χ1n) is 9.50. The summed E-state index contributed by atoms with van der Waals surface area (Å²) in [5.41, 5.74) is 1.45. The van der Waals surface area contributed by atoms with Gasteiger partial charge >= 0.3 is 0 Å². The van der Waals surface area contributed by atoms with Gasteiger partial charge in [0.2, 0.25) is 5.76 Å². The minimum absolute atomic E-state index is 0.0240. The molecule has 1 aliphatic rings. The molecule has 154 valence electrons. The van der Waals surface area contributed by atoms with Crippen LogP contribution in [0.4, 0.5) is 4.39 Å². The highest BCUT2D eigenvalue weighted by atomic mass is 79.9. The Labute approximate surface area is 190 Å². The molecule has 2 heterocycles. The van der Waals surface area contributed by atoms with E-state index < -0.39 is 23.2 Å². The molecule has 5 rings (SSSR count). The molecular weight excluding hydrogens is 485 g/mol. The molecule has 0 radical (unpaired) electrons. The van der Waals surface area contributed by atoms with E-state index in [0.717, 1.165) is 21.7 Å². The van der Waals surface area contributed by atoms with E-state index in [0.29, 0.717) is 5.02 Å². The maximum Gasteiger partial charge on any atom is 0.291 e. The van der Waals surface area contributed by atoms with Gasteiger partial charge in [0.1, 0.15) is 11.4 Å². The predicted molar refractivity (Wildman–Crippen MR) is 120 cm³/mol. The van der Waals surface area contributed by atoms with Crippen LogP contribution in [-0.2, 0) is 6.54 Å². The number of hydrogen-bond acceptors (Lipinski definition) is 3. The average molecular weight is 499 g/mol. The number of nitrogens with zero attached hydrogens (tertiary/aromatic N) is 1. The van der Waals surface area contributed by atoms with Crippen molar-refractivity contribution < 1.29 is 13.6 Å². The van der Waals surface area contributed by atoms with Crippen LogP contribution in [0.3, 0.4) is 0 Å². The zero-order chi connectivity index (χ0) is 21.7. The third-order valence-electron chi connectivity index (χ3n) is 5.41. The van der Waals surface area contributed by atoms with E-state index in [1.165, 1.54) is 12.1 Å². The standard InChI is InChI=1S/C24H14BrClFNO3/c25-15-7-5-13(6-8-15)21-20-22(29)17-11-16(27)9-10-19(17)31-23(20)24(30)28(21)12-14-3-1-2-4-18(14)26/h1-11,21H,12H2. The SMILES string of the molecule is O=C1c2oc3ccc(F)cc3c(=O)c2C(c2ccc(Br)cc2)N1Cc1ccccc1Cl. The van der Waals surface area contributed by atoms with Gasteiger partial charge in [0.25, 0.3) is 5.91 Å². The summed E-state index contributed by atoms with van der Waals surface area (Å²) in [6.07, 6.45) is 0. The molecule has 3 aromatic carbocycles. The first-order valence-corrected chi connectivity index (χ1v) is 10.7. The molecule has 7 heteroatoms. The Kier molecular flexibility index (Phi) is 4.91. The molecule has 31 heavy (non-hydrogen) atoms. The third-order valence-corrected chi connectivity index (χ3v) is 6.31. The Morgan fingerprint density at radius 3 is 2.52 bits per heavy atom. The molecule has 1 aliphatic heterocycles. The number of hydrogen-bond donors (Lipinski definition) is 0. The molecule has 1 unspecified atom stereocenters. The maximum atomic E-state index is 13.8. The molecule has 0 aliphatic carbocycles. The average Bonchev–Trinajstić information content (AvgIpc) is 3.03. The Morgan fingerprint density at radius 2 is 1.77 bits per heavy atom. The van der Waals surface area contributed by atoms with E-state index in [1.54, 1.807) is 11.0 Å². The van der Waals surface area contributed by atoms with E-state index >= 15 is 0 Å². The van der Waals surface area contributed by atoms with Crippen molar-refractivity contribution in [1.82, 2.24) is 4.90 Å². The van der Waals surface area contributed by atoms with Crippen LogP contribution >= 0.6 is 27.5 Å². The summed E-state index contributed by atoms with van der Waals surface area (Å²) < 4.78 is 20.5. The van der Waals surface area contributed by atoms with Crippen molar-refractivity contribution in [3.05, 3.63) is 115 Å². The van der Waals surface area contributed by atoms with Crippen molar-refractivity contribution in [2.45, 2.75) is 12.6 Å². The quantitative estimate of drug-likeness (QED) is 0.343. The minimum Gasteiger partial charge on any atom is -0.450 e. The number of fused-ring (bicyclic) bond motifs is 2. The maximum absolute atomic E-state index is 13.8. The van der Waals surface area contributed by atoms with Crippen LogP contribution in [-0.4, -0.2) is 10.8 Å². The Bertz CT molecular complexity index is 1400. The normalized spacial score (nSPS) is 15.5. The van der Waals surface area contributed by atoms with Crippen molar-refractivity contribution in [1.29, 1.82) is 0 Å². The summed E-state index contributed by atoms with van der Waals surface area (Å²) in [4.78, 5) is 28.4. The van der Waals surface area contributed by atoms with E-state index in [2.05, 4.69) is 15.9 Å². The van der Waals surface area contributed by atoms with Crippen LogP contribution in [0.1, 0.15) is 33.3 Å². The van der Waals surface area contributed by atoms with Gasteiger partial charge in [0.15, 0.2) is 5.43 Å². The van der Waals surface area contributed by atoms with Crippen LogP contribution in [0.25, 0.3) is 11.0 Å². The number of halogens is 3. The van der Waals surface area contributed by atoms with Crippen LogP contribution in [0, 0.1) is 5.82 Å². The summed E-state index contributed by atoms with van der Waals surface area (Å²) in [7, 11) is 0. The molecule has 4 nitrogen and oxygen atoms in total. The zero-order valence-electron chi connectivity index (χ0n) is 15.9. The smallest absolute Gasteiger partial charge is 0.291 e. The molecular formula is C24H14BrClFNO3. The first-order chi connectivity index (χ1) is 14.9. The van der Waals surface area contributed by atoms with Crippen LogP contribution < -0.4 is 5.43 Å². The van der Waals surface area contributed by atoms with Gasteiger partial charge in [-0.05, 0) is 47.5 Å². The first kappa shape index (κ1) is 20.0. The number of carbonyl (C=O) groups excluding carboxylic acids is 1. The monoisotopic (exact) mass is 497 g/mol. The topological polar surface area (TPSA) is 50.5 Å². The second-order valence-electron chi connectivity index (χ2n) is 7.29. The Hall–Kier alpha value is -2.96. The van der Waals surface area contributed by atoms with Crippen LogP contribution in [0.5, 0.6) is 0 Å². The highest BCUT2D eigenvalue weighted by Crippen LogP contribution is 2.40. The lowest BCUT2D eigenvalue weighted by molar-refractivity contribution is 0.0714. The molecule has 0 fully saturated rings. The highest BCUT2D eigenvalue weighted by Gasteiger charge is 2.42. The molecule has 0 spiro atoms. The van der Waals surface area contributed by atoms with Crippen molar-refractivity contribution >= 4 is 44.4 Å². The van der Waals surface area contributed by atoms with E-state index in [4.69, 9.17) is 16.0 Å². The fourth-order valence-electron chi connectivity index (χ4n) is 3.96. The molecule has 1 atom stereocenters. The van der Waals surface area contributed by atoms with Crippen molar-refractivity contribution in [2.75, 3.05) is 0 Å². The second-order valence-corrected chi connectivity index (χ2v) is 8.62. The van der Waals surface area contributed by atoms with Crippen LogP contribution in [0.15, 0.2) is 80.4 Å². The summed E-state index contributed by atoms with van der Waals surface area (Å²) in [6.45, 7) is 0.188. The molecule has 0 N–H and O–H groups in total. The fraction of sp³-hybridized carbons (Fsp3) is 0.0833. The largest absolute Gasteiger partial charge is 0.450 e.